The maximum Gasteiger partial charge on any atom is 0.0147 e. The standard InChI is InChI=1S/C11H19N/c1-2-4-10(5-3-1)11-6-8-12-9-7-11/h6,8,10-12H,1-5,7,9H2. The van der Waals surface area contributed by atoms with Crippen molar-refractivity contribution in [2.45, 2.75) is 38.5 Å². The molecule has 2 rings (SSSR count). The smallest absolute Gasteiger partial charge is 0.0147 e. The molecule has 0 amide bonds. The number of allylic oxidation sites excluding steroid dienone is 1. The van der Waals surface area contributed by atoms with Gasteiger partial charge in [0.25, 0.3) is 0 Å². The first-order chi connectivity index (χ1) is 5.97. The molecule has 1 aliphatic heterocycles. The van der Waals surface area contributed by atoms with Gasteiger partial charge >= 0.3 is 0 Å². The first-order valence-electron chi connectivity index (χ1n) is 5.37. The van der Waals surface area contributed by atoms with Gasteiger partial charge in [-0.05, 0) is 37.3 Å². The molecular formula is C11H19N. The summed E-state index contributed by atoms with van der Waals surface area (Å²) in [5.41, 5.74) is 0. The van der Waals surface area contributed by atoms with Crippen LogP contribution in [-0.4, -0.2) is 6.54 Å². The van der Waals surface area contributed by atoms with Gasteiger partial charge in [-0.3, -0.25) is 0 Å². The second kappa shape index (κ2) is 3.97. The van der Waals surface area contributed by atoms with Crippen LogP contribution in [0.5, 0.6) is 0 Å². The second-order valence-electron chi connectivity index (χ2n) is 4.16. The van der Waals surface area contributed by atoms with Gasteiger partial charge in [0.15, 0.2) is 0 Å². The SMILES string of the molecule is C1=CC(C2CCCCC2)CCN1. The molecule has 0 radical (unpaired) electrons. The highest BCUT2D eigenvalue weighted by molar-refractivity contribution is 4.95. The fraction of sp³-hybridized carbons (Fsp3) is 0.818. The quantitative estimate of drug-likeness (QED) is 0.630. The highest BCUT2D eigenvalue weighted by atomic mass is 14.8. The minimum absolute atomic E-state index is 0.895. The molecule has 1 fully saturated rings. The van der Waals surface area contributed by atoms with E-state index in [1.165, 1.54) is 45.1 Å². The number of hydrogen-bond donors (Lipinski definition) is 1. The lowest BCUT2D eigenvalue weighted by atomic mass is 9.78. The predicted octanol–water partition coefficient (Wildman–Crippen LogP) is 2.69. The molecule has 2 aliphatic rings. The summed E-state index contributed by atoms with van der Waals surface area (Å²) in [6.07, 6.45) is 13.3. The van der Waals surface area contributed by atoms with Crippen LogP contribution in [0.15, 0.2) is 12.3 Å². The zero-order chi connectivity index (χ0) is 8.23. The van der Waals surface area contributed by atoms with E-state index < -0.39 is 0 Å². The van der Waals surface area contributed by atoms with Crippen LogP contribution in [-0.2, 0) is 0 Å². The van der Waals surface area contributed by atoms with Crippen molar-refractivity contribution in [1.29, 1.82) is 0 Å². The summed E-state index contributed by atoms with van der Waals surface area (Å²) in [6, 6.07) is 0. The van der Waals surface area contributed by atoms with E-state index in [2.05, 4.69) is 17.6 Å². The molecule has 1 N–H and O–H groups in total. The molecule has 1 atom stereocenters. The Balaban J connectivity index is 1.88. The molecule has 0 aromatic heterocycles. The zero-order valence-electron chi connectivity index (χ0n) is 7.76. The van der Waals surface area contributed by atoms with E-state index in [-0.39, 0.29) is 0 Å². The minimum Gasteiger partial charge on any atom is -0.391 e. The van der Waals surface area contributed by atoms with Gasteiger partial charge in [0, 0.05) is 6.54 Å². The third kappa shape index (κ3) is 1.82. The molecule has 0 saturated heterocycles. The van der Waals surface area contributed by atoms with Crippen molar-refractivity contribution in [3.05, 3.63) is 12.3 Å². The lowest BCUT2D eigenvalue weighted by Crippen LogP contribution is -2.24. The fourth-order valence-electron chi connectivity index (χ4n) is 2.58. The van der Waals surface area contributed by atoms with Gasteiger partial charge in [0.05, 0.1) is 0 Å². The molecule has 0 aromatic rings. The van der Waals surface area contributed by atoms with Gasteiger partial charge in [-0.2, -0.15) is 0 Å². The van der Waals surface area contributed by atoms with E-state index in [1.54, 1.807) is 0 Å². The molecule has 0 spiro atoms. The van der Waals surface area contributed by atoms with Crippen LogP contribution < -0.4 is 5.32 Å². The average Bonchev–Trinajstić information content (AvgIpc) is 2.21. The Morgan fingerprint density at radius 3 is 2.50 bits per heavy atom. The van der Waals surface area contributed by atoms with E-state index in [4.69, 9.17) is 0 Å². The number of nitrogens with one attached hydrogen (secondary N) is 1. The summed E-state index contributed by atoms with van der Waals surface area (Å²) in [5.74, 6) is 1.91. The maximum atomic E-state index is 3.27. The Kier molecular flexibility index (Phi) is 2.70. The molecule has 1 aliphatic carbocycles. The number of hydrogen-bond acceptors (Lipinski definition) is 1. The lowest BCUT2D eigenvalue weighted by Gasteiger charge is -2.30. The molecular weight excluding hydrogens is 146 g/mol. The zero-order valence-corrected chi connectivity index (χ0v) is 7.76. The van der Waals surface area contributed by atoms with Crippen LogP contribution in [0.3, 0.4) is 0 Å². The van der Waals surface area contributed by atoms with Crippen molar-refractivity contribution in [2.24, 2.45) is 11.8 Å². The van der Waals surface area contributed by atoms with Gasteiger partial charge in [-0.15, -0.1) is 0 Å². The molecule has 12 heavy (non-hydrogen) atoms. The van der Waals surface area contributed by atoms with Crippen molar-refractivity contribution in [2.75, 3.05) is 6.54 Å². The molecule has 68 valence electrons. The molecule has 1 unspecified atom stereocenters. The van der Waals surface area contributed by atoms with Crippen LogP contribution in [0.2, 0.25) is 0 Å². The summed E-state index contributed by atoms with van der Waals surface area (Å²) in [6.45, 7) is 1.19. The molecule has 0 aromatic carbocycles. The Hall–Kier alpha value is -0.460. The molecule has 0 bridgehead atoms. The first-order valence-corrected chi connectivity index (χ1v) is 5.37. The largest absolute Gasteiger partial charge is 0.391 e. The van der Waals surface area contributed by atoms with Gasteiger partial charge in [0.1, 0.15) is 0 Å². The maximum absolute atomic E-state index is 3.27. The minimum atomic E-state index is 0.895. The van der Waals surface area contributed by atoms with Crippen molar-refractivity contribution in [3.63, 3.8) is 0 Å². The Morgan fingerprint density at radius 2 is 1.83 bits per heavy atom. The number of rotatable bonds is 1. The lowest BCUT2D eigenvalue weighted by molar-refractivity contribution is 0.270. The summed E-state index contributed by atoms with van der Waals surface area (Å²) < 4.78 is 0. The van der Waals surface area contributed by atoms with Crippen LogP contribution >= 0.6 is 0 Å². The average molecular weight is 165 g/mol. The van der Waals surface area contributed by atoms with Gasteiger partial charge in [-0.25, -0.2) is 0 Å². The Morgan fingerprint density at radius 1 is 1.00 bits per heavy atom. The molecule has 1 heterocycles. The summed E-state index contributed by atoms with van der Waals surface area (Å²) in [4.78, 5) is 0. The van der Waals surface area contributed by atoms with Gasteiger partial charge in [0.2, 0.25) is 0 Å². The van der Waals surface area contributed by atoms with Gasteiger partial charge in [-0.1, -0.05) is 25.3 Å². The monoisotopic (exact) mass is 165 g/mol. The van der Waals surface area contributed by atoms with Gasteiger partial charge < -0.3 is 5.32 Å². The highest BCUT2D eigenvalue weighted by Gasteiger charge is 2.22. The second-order valence-corrected chi connectivity index (χ2v) is 4.16. The summed E-state index contributed by atoms with van der Waals surface area (Å²) in [5, 5.41) is 3.27. The predicted molar refractivity (Wildman–Crippen MR) is 51.8 cm³/mol. The Labute approximate surface area is 75.2 Å². The normalized spacial score (nSPS) is 31.5. The van der Waals surface area contributed by atoms with Crippen LogP contribution in [0, 0.1) is 11.8 Å². The summed E-state index contributed by atoms with van der Waals surface area (Å²) >= 11 is 0. The van der Waals surface area contributed by atoms with Crippen molar-refractivity contribution < 1.29 is 0 Å². The van der Waals surface area contributed by atoms with E-state index >= 15 is 0 Å². The van der Waals surface area contributed by atoms with Crippen LogP contribution in [0.4, 0.5) is 0 Å². The Bertz CT molecular complexity index is 156. The van der Waals surface area contributed by atoms with Crippen LogP contribution in [0.25, 0.3) is 0 Å². The van der Waals surface area contributed by atoms with Crippen molar-refractivity contribution in [3.8, 4) is 0 Å². The highest BCUT2D eigenvalue weighted by Crippen LogP contribution is 2.32. The molecule has 1 nitrogen and oxygen atoms in total. The third-order valence-electron chi connectivity index (χ3n) is 3.34. The molecule has 1 saturated carbocycles. The third-order valence-corrected chi connectivity index (χ3v) is 3.34. The van der Waals surface area contributed by atoms with E-state index in [0.717, 1.165) is 11.8 Å². The first kappa shape index (κ1) is 8.15. The van der Waals surface area contributed by atoms with Crippen LogP contribution in [0.1, 0.15) is 38.5 Å². The topological polar surface area (TPSA) is 12.0 Å². The van der Waals surface area contributed by atoms with E-state index in [1.807, 2.05) is 0 Å². The van der Waals surface area contributed by atoms with E-state index in [9.17, 15) is 0 Å². The van der Waals surface area contributed by atoms with Crippen molar-refractivity contribution in [1.82, 2.24) is 5.32 Å². The summed E-state index contributed by atoms with van der Waals surface area (Å²) in [7, 11) is 0. The van der Waals surface area contributed by atoms with Crippen molar-refractivity contribution >= 4 is 0 Å². The molecule has 1 heteroatoms. The fourth-order valence-corrected chi connectivity index (χ4v) is 2.58. The van der Waals surface area contributed by atoms with E-state index in [0.29, 0.717) is 0 Å².